The van der Waals surface area contributed by atoms with Crippen molar-refractivity contribution in [1.29, 1.82) is 0 Å². The summed E-state index contributed by atoms with van der Waals surface area (Å²) in [5, 5.41) is 10.2. The van der Waals surface area contributed by atoms with Crippen LogP contribution >= 0.6 is 0 Å². The van der Waals surface area contributed by atoms with Gasteiger partial charge in [0.15, 0.2) is 0 Å². The van der Waals surface area contributed by atoms with Crippen LogP contribution in [0.2, 0.25) is 0 Å². The van der Waals surface area contributed by atoms with Gasteiger partial charge in [-0.3, -0.25) is 0 Å². The minimum atomic E-state index is -0.306. The van der Waals surface area contributed by atoms with Gasteiger partial charge in [-0.2, -0.15) is 0 Å². The lowest BCUT2D eigenvalue weighted by molar-refractivity contribution is -0.136. The van der Waals surface area contributed by atoms with Gasteiger partial charge in [0.1, 0.15) is 0 Å². The third kappa shape index (κ3) is 12.0. The summed E-state index contributed by atoms with van der Waals surface area (Å²) < 4.78 is 6.68. The molecular weight excluding hydrogens is 308 g/mol. The van der Waals surface area contributed by atoms with Crippen molar-refractivity contribution >= 4 is 0 Å². The molecule has 0 heterocycles. The summed E-state index contributed by atoms with van der Waals surface area (Å²) in [5.41, 5.74) is -0.306. The Hall–Kier alpha value is -0.0800. The van der Waals surface area contributed by atoms with E-state index >= 15 is 0 Å². The van der Waals surface area contributed by atoms with E-state index in [4.69, 9.17) is 4.74 Å². The standard InChI is InChI=1S/C23H48O2/c1-6-10-13-16-22(15-12-8-3)25-23(20-24,18-9-4)19-17-21(5)14-11-7-2/h21-22,24H,6-20H2,1-5H3. The highest BCUT2D eigenvalue weighted by Crippen LogP contribution is 2.31. The molecule has 3 unspecified atom stereocenters. The molecule has 0 aromatic carbocycles. The summed E-state index contributed by atoms with van der Waals surface area (Å²) in [4.78, 5) is 0. The maximum absolute atomic E-state index is 10.2. The number of aliphatic hydroxyl groups excluding tert-OH is 1. The second-order valence-electron chi connectivity index (χ2n) is 8.26. The molecule has 0 bridgehead atoms. The van der Waals surface area contributed by atoms with Crippen molar-refractivity contribution < 1.29 is 9.84 Å². The number of aliphatic hydroxyl groups is 1. The highest BCUT2D eigenvalue weighted by Gasteiger charge is 2.32. The topological polar surface area (TPSA) is 29.5 Å². The van der Waals surface area contributed by atoms with Crippen LogP contribution in [-0.2, 0) is 4.74 Å². The molecule has 0 amide bonds. The van der Waals surface area contributed by atoms with Crippen LogP contribution in [0.4, 0.5) is 0 Å². The van der Waals surface area contributed by atoms with Crippen molar-refractivity contribution in [2.24, 2.45) is 5.92 Å². The molecular formula is C23H48O2. The highest BCUT2D eigenvalue weighted by atomic mass is 16.5. The maximum atomic E-state index is 10.2. The molecule has 152 valence electrons. The maximum Gasteiger partial charge on any atom is 0.0915 e. The van der Waals surface area contributed by atoms with Crippen LogP contribution in [0.25, 0.3) is 0 Å². The zero-order valence-electron chi connectivity index (χ0n) is 18.1. The Bertz CT molecular complexity index is 279. The Labute approximate surface area is 159 Å². The first-order valence-electron chi connectivity index (χ1n) is 11.4. The van der Waals surface area contributed by atoms with Crippen molar-refractivity contribution in [3.05, 3.63) is 0 Å². The Balaban J connectivity index is 4.78. The summed E-state index contributed by atoms with van der Waals surface area (Å²) in [6.07, 6.45) is 17.1. The molecule has 2 nitrogen and oxygen atoms in total. The lowest BCUT2D eigenvalue weighted by atomic mass is 9.87. The fourth-order valence-corrected chi connectivity index (χ4v) is 3.77. The van der Waals surface area contributed by atoms with E-state index in [-0.39, 0.29) is 12.2 Å². The first-order valence-corrected chi connectivity index (χ1v) is 11.4. The van der Waals surface area contributed by atoms with E-state index in [1.807, 2.05) is 0 Å². The van der Waals surface area contributed by atoms with Gasteiger partial charge in [-0.05, 0) is 38.0 Å². The number of rotatable bonds is 18. The predicted molar refractivity (Wildman–Crippen MR) is 111 cm³/mol. The van der Waals surface area contributed by atoms with Crippen molar-refractivity contribution in [2.75, 3.05) is 6.61 Å². The molecule has 25 heavy (non-hydrogen) atoms. The molecule has 0 saturated carbocycles. The zero-order valence-corrected chi connectivity index (χ0v) is 18.1. The summed E-state index contributed by atoms with van der Waals surface area (Å²) >= 11 is 0. The van der Waals surface area contributed by atoms with Gasteiger partial charge in [0.05, 0.1) is 18.3 Å². The van der Waals surface area contributed by atoms with Crippen LogP contribution in [0.5, 0.6) is 0 Å². The lowest BCUT2D eigenvalue weighted by Crippen LogP contribution is -2.41. The SMILES string of the molecule is CCCCCC(CCCC)OC(CO)(CCC)CCC(C)CCCC. The number of unbranched alkanes of at least 4 members (excludes halogenated alkanes) is 4. The monoisotopic (exact) mass is 356 g/mol. The molecule has 0 aliphatic carbocycles. The van der Waals surface area contributed by atoms with E-state index in [1.54, 1.807) is 0 Å². The molecule has 1 N–H and O–H groups in total. The minimum Gasteiger partial charge on any atom is -0.393 e. The van der Waals surface area contributed by atoms with Crippen LogP contribution in [0, 0.1) is 5.92 Å². The van der Waals surface area contributed by atoms with Crippen LogP contribution in [-0.4, -0.2) is 23.4 Å². The second-order valence-corrected chi connectivity index (χ2v) is 8.26. The first-order chi connectivity index (χ1) is 12.1. The first kappa shape index (κ1) is 24.9. The number of hydrogen-bond donors (Lipinski definition) is 1. The summed E-state index contributed by atoms with van der Waals surface area (Å²) in [6, 6.07) is 0. The average molecular weight is 357 g/mol. The van der Waals surface area contributed by atoms with Gasteiger partial charge in [-0.1, -0.05) is 92.4 Å². The lowest BCUT2D eigenvalue weighted by Gasteiger charge is -2.37. The van der Waals surface area contributed by atoms with Gasteiger partial charge >= 0.3 is 0 Å². The molecule has 0 aliphatic heterocycles. The van der Waals surface area contributed by atoms with Gasteiger partial charge in [-0.15, -0.1) is 0 Å². The van der Waals surface area contributed by atoms with Gasteiger partial charge in [-0.25, -0.2) is 0 Å². The molecule has 0 fully saturated rings. The van der Waals surface area contributed by atoms with Crippen molar-refractivity contribution in [3.8, 4) is 0 Å². The Morgan fingerprint density at radius 2 is 1.32 bits per heavy atom. The zero-order chi connectivity index (χ0) is 19.0. The van der Waals surface area contributed by atoms with Crippen molar-refractivity contribution in [2.45, 2.75) is 136 Å². The van der Waals surface area contributed by atoms with Crippen LogP contribution < -0.4 is 0 Å². The molecule has 0 radical (unpaired) electrons. The molecule has 0 spiro atoms. The third-order valence-electron chi connectivity index (χ3n) is 5.56. The predicted octanol–water partition coefficient (Wildman–Crippen LogP) is 7.28. The molecule has 0 aromatic rings. The van der Waals surface area contributed by atoms with Gasteiger partial charge in [0.25, 0.3) is 0 Å². The molecule has 0 aliphatic rings. The highest BCUT2D eigenvalue weighted by molar-refractivity contribution is 4.83. The largest absolute Gasteiger partial charge is 0.393 e. The minimum absolute atomic E-state index is 0.178. The summed E-state index contributed by atoms with van der Waals surface area (Å²) in [6.45, 7) is 11.5. The smallest absolute Gasteiger partial charge is 0.0915 e. The van der Waals surface area contributed by atoms with E-state index in [0.29, 0.717) is 6.10 Å². The second kappa shape index (κ2) is 16.1. The molecule has 0 aromatic heterocycles. The van der Waals surface area contributed by atoms with Crippen molar-refractivity contribution in [3.63, 3.8) is 0 Å². The fourth-order valence-electron chi connectivity index (χ4n) is 3.77. The van der Waals surface area contributed by atoms with Gasteiger partial charge in [0, 0.05) is 0 Å². The summed E-state index contributed by atoms with van der Waals surface area (Å²) in [7, 11) is 0. The van der Waals surface area contributed by atoms with E-state index in [1.165, 1.54) is 57.8 Å². The molecule has 3 atom stereocenters. The van der Waals surface area contributed by atoms with Gasteiger partial charge < -0.3 is 9.84 Å². The quantitative estimate of drug-likeness (QED) is 0.261. The average Bonchev–Trinajstić information content (AvgIpc) is 2.62. The summed E-state index contributed by atoms with van der Waals surface area (Å²) in [5.74, 6) is 0.737. The van der Waals surface area contributed by atoms with Crippen LogP contribution in [0.1, 0.15) is 125 Å². The Morgan fingerprint density at radius 1 is 0.720 bits per heavy atom. The molecule has 0 rings (SSSR count). The van der Waals surface area contributed by atoms with E-state index in [9.17, 15) is 5.11 Å². The number of hydrogen-bond acceptors (Lipinski definition) is 2. The number of ether oxygens (including phenoxy) is 1. The van der Waals surface area contributed by atoms with Crippen LogP contribution in [0.3, 0.4) is 0 Å². The Kier molecular flexibility index (Phi) is 16.1. The van der Waals surface area contributed by atoms with Crippen molar-refractivity contribution in [1.82, 2.24) is 0 Å². The van der Waals surface area contributed by atoms with E-state index in [2.05, 4.69) is 34.6 Å². The fraction of sp³-hybridized carbons (Fsp3) is 1.00. The van der Waals surface area contributed by atoms with E-state index < -0.39 is 0 Å². The Morgan fingerprint density at radius 3 is 1.88 bits per heavy atom. The third-order valence-corrected chi connectivity index (χ3v) is 5.56. The van der Waals surface area contributed by atoms with E-state index in [0.717, 1.165) is 38.0 Å². The molecule has 2 heteroatoms. The normalized spacial score (nSPS) is 16.6. The molecule has 0 saturated heterocycles. The van der Waals surface area contributed by atoms with Crippen LogP contribution in [0.15, 0.2) is 0 Å². The van der Waals surface area contributed by atoms with Gasteiger partial charge in [0.2, 0.25) is 0 Å².